The van der Waals surface area contributed by atoms with Gasteiger partial charge in [-0.1, -0.05) is 24.3 Å². The molecule has 9 heteroatoms. The number of nitrogens with one attached hydrogen (secondary N) is 1. The second kappa shape index (κ2) is 8.39. The summed E-state index contributed by atoms with van der Waals surface area (Å²) in [6.07, 6.45) is -3.97. The number of benzene rings is 2. The Labute approximate surface area is 173 Å². The summed E-state index contributed by atoms with van der Waals surface area (Å²) in [5, 5.41) is 0. The quantitative estimate of drug-likeness (QED) is 0.784. The zero-order valence-corrected chi connectivity index (χ0v) is 17.5. The summed E-state index contributed by atoms with van der Waals surface area (Å²) < 4.78 is 67.8. The summed E-state index contributed by atoms with van der Waals surface area (Å²) >= 11 is 0. The highest BCUT2D eigenvalue weighted by Gasteiger charge is 2.36. The fourth-order valence-corrected chi connectivity index (χ4v) is 5.20. The summed E-state index contributed by atoms with van der Waals surface area (Å²) in [5.74, 6) is -0.696. The molecule has 30 heavy (non-hydrogen) atoms. The first-order chi connectivity index (χ1) is 14.0. The van der Waals surface area contributed by atoms with Crippen molar-refractivity contribution in [2.75, 3.05) is 13.1 Å². The van der Waals surface area contributed by atoms with Gasteiger partial charge in [-0.05, 0) is 56.0 Å². The highest BCUT2D eigenvalue weighted by atomic mass is 32.2. The number of aryl methyl sites for hydroxylation is 2. The van der Waals surface area contributed by atoms with Gasteiger partial charge >= 0.3 is 6.18 Å². The molecule has 1 fully saturated rings. The van der Waals surface area contributed by atoms with Gasteiger partial charge in [0.25, 0.3) is 5.91 Å². The molecule has 5 nitrogen and oxygen atoms in total. The Kier molecular flexibility index (Phi) is 6.24. The third-order valence-electron chi connectivity index (χ3n) is 5.20. The lowest BCUT2D eigenvalue weighted by Crippen LogP contribution is -2.46. The summed E-state index contributed by atoms with van der Waals surface area (Å²) in [7, 11) is -3.73. The molecular weight excluding hydrogens is 417 g/mol. The van der Waals surface area contributed by atoms with Gasteiger partial charge in [-0.3, -0.25) is 4.79 Å². The molecule has 1 amide bonds. The van der Waals surface area contributed by atoms with E-state index in [1.165, 1.54) is 23.1 Å². The van der Waals surface area contributed by atoms with Crippen LogP contribution in [0.25, 0.3) is 0 Å². The summed E-state index contributed by atoms with van der Waals surface area (Å²) in [6, 6.07) is 9.47. The minimum Gasteiger partial charge on any atom is -0.339 e. The maximum Gasteiger partial charge on any atom is 0.417 e. The van der Waals surface area contributed by atoms with Crippen molar-refractivity contribution in [1.29, 1.82) is 0 Å². The van der Waals surface area contributed by atoms with Crippen molar-refractivity contribution in [2.45, 2.75) is 43.8 Å². The smallest absolute Gasteiger partial charge is 0.339 e. The van der Waals surface area contributed by atoms with Gasteiger partial charge < -0.3 is 4.90 Å². The highest BCUT2D eigenvalue weighted by molar-refractivity contribution is 7.89. The van der Waals surface area contributed by atoms with Gasteiger partial charge in [-0.15, -0.1) is 0 Å². The number of alkyl halides is 3. The van der Waals surface area contributed by atoms with Gasteiger partial charge in [0.05, 0.1) is 16.0 Å². The number of rotatable bonds is 4. The molecule has 0 unspecified atom stereocenters. The van der Waals surface area contributed by atoms with Gasteiger partial charge in [-0.25, -0.2) is 13.1 Å². The number of halogens is 3. The molecule has 1 N–H and O–H groups in total. The Hall–Kier alpha value is -2.39. The van der Waals surface area contributed by atoms with E-state index in [-0.39, 0.29) is 23.5 Å². The molecule has 2 aromatic rings. The minimum absolute atomic E-state index is 0.172. The molecule has 2 aromatic carbocycles. The third kappa shape index (κ3) is 4.84. The lowest BCUT2D eigenvalue weighted by atomic mass is 10.0. The van der Waals surface area contributed by atoms with Crippen molar-refractivity contribution < 1.29 is 26.4 Å². The average molecular weight is 440 g/mol. The summed E-state index contributed by atoms with van der Waals surface area (Å²) in [4.78, 5) is 14.2. The van der Waals surface area contributed by atoms with E-state index in [0.717, 1.165) is 11.6 Å². The van der Waals surface area contributed by atoms with Crippen LogP contribution in [0.5, 0.6) is 0 Å². The Bertz CT molecular complexity index is 1040. The van der Waals surface area contributed by atoms with Crippen LogP contribution in [0.15, 0.2) is 47.4 Å². The Morgan fingerprint density at radius 2 is 1.70 bits per heavy atom. The number of likely N-dealkylation sites (tertiary alicyclic amines) is 1. The predicted octanol–water partition coefficient (Wildman–Crippen LogP) is 3.91. The van der Waals surface area contributed by atoms with Crippen LogP contribution in [-0.2, 0) is 16.2 Å². The zero-order valence-electron chi connectivity index (χ0n) is 16.7. The van der Waals surface area contributed by atoms with E-state index in [4.69, 9.17) is 0 Å². The van der Waals surface area contributed by atoms with E-state index in [0.29, 0.717) is 18.4 Å². The molecule has 0 radical (unpaired) electrons. The van der Waals surface area contributed by atoms with Crippen LogP contribution in [0.1, 0.15) is 39.9 Å². The zero-order chi connectivity index (χ0) is 22.1. The molecule has 1 aliphatic heterocycles. The van der Waals surface area contributed by atoms with E-state index in [9.17, 15) is 26.4 Å². The Balaban J connectivity index is 1.68. The van der Waals surface area contributed by atoms with Gasteiger partial charge in [0.1, 0.15) is 0 Å². The number of piperidine rings is 1. The normalized spacial score (nSPS) is 16.0. The first kappa shape index (κ1) is 22.3. The van der Waals surface area contributed by atoms with Crippen LogP contribution in [0, 0.1) is 13.8 Å². The fraction of sp³-hybridized carbons (Fsp3) is 0.381. The largest absolute Gasteiger partial charge is 0.417 e. The number of sulfonamides is 1. The molecule has 0 spiro atoms. The van der Waals surface area contributed by atoms with Gasteiger partial charge in [-0.2, -0.15) is 13.2 Å². The lowest BCUT2D eigenvalue weighted by Gasteiger charge is -2.33. The van der Waals surface area contributed by atoms with Gasteiger partial charge in [0.15, 0.2) is 0 Å². The van der Waals surface area contributed by atoms with Gasteiger partial charge in [0, 0.05) is 19.1 Å². The van der Waals surface area contributed by atoms with Crippen LogP contribution in [0.3, 0.4) is 0 Å². The van der Waals surface area contributed by atoms with Crippen molar-refractivity contribution in [1.82, 2.24) is 9.62 Å². The second-order valence-corrected chi connectivity index (χ2v) is 9.18. The first-order valence-corrected chi connectivity index (χ1v) is 11.0. The number of amides is 1. The van der Waals surface area contributed by atoms with Crippen LogP contribution in [0.2, 0.25) is 0 Å². The maximum atomic E-state index is 13.2. The number of carbonyl (C=O) groups excluding carboxylic acids is 1. The van der Waals surface area contributed by atoms with Crippen molar-refractivity contribution in [3.05, 3.63) is 64.7 Å². The number of hydrogen-bond acceptors (Lipinski definition) is 3. The average Bonchev–Trinajstić information content (AvgIpc) is 2.69. The highest BCUT2D eigenvalue weighted by Crippen LogP contribution is 2.32. The van der Waals surface area contributed by atoms with E-state index < -0.39 is 33.7 Å². The molecular formula is C21H23F3N2O3S. The molecule has 1 heterocycles. The molecule has 1 aliphatic rings. The van der Waals surface area contributed by atoms with Crippen molar-refractivity contribution in [3.63, 3.8) is 0 Å². The Morgan fingerprint density at radius 3 is 2.33 bits per heavy atom. The minimum atomic E-state index is -4.62. The van der Waals surface area contributed by atoms with Crippen LogP contribution >= 0.6 is 0 Å². The number of carbonyl (C=O) groups is 1. The Morgan fingerprint density at radius 1 is 1.07 bits per heavy atom. The maximum absolute atomic E-state index is 13.2. The monoisotopic (exact) mass is 440 g/mol. The topological polar surface area (TPSA) is 66.5 Å². The second-order valence-electron chi connectivity index (χ2n) is 7.50. The van der Waals surface area contributed by atoms with Gasteiger partial charge in [0.2, 0.25) is 10.0 Å². The standard InChI is InChI=1S/C21H23F3N2O3S/c1-14-7-8-15(2)19(13-14)30(28,29)25-16-9-11-26(12-10-16)20(27)17-5-3-4-6-18(17)21(22,23)24/h3-8,13,16,25H,9-12H2,1-2H3. The van der Waals surface area contributed by atoms with Crippen LogP contribution in [0.4, 0.5) is 13.2 Å². The van der Waals surface area contributed by atoms with Crippen LogP contribution in [-0.4, -0.2) is 38.4 Å². The van der Waals surface area contributed by atoms with Crippen molar-refractivity contribution in [2.24, 2.45) is 0 Å². The van der Waals surface area contributed by atoms with Crippen LogP contribution < -0.4 is 4.72 Å². The molecule has 3 rings (SSSR count). The first-order valence-electron chi connectivity index (χ1n) is 9.54. The van der Waals surface area contributed by atoms with E-state index >= 15 is 0 Å². The molecule has 0 atom stereocenters. The molecule has 0 saturated carbocycles. The summed E-state index contributed by atoms with van der Waals surface area (Å²) in [5.41, 5.74) is 0.0985. The number of nitrogens with zero attached hydrogens (tertiary/aromatic N) is 1. The molecule has 0 bridgehead atoms. The fourth-order valence-electron chi connectivity index (χ4n) is 3.57. The predicted molar refractivity (Wildman–Crippen MR) is 107 cm³/mol. The van der Waals surface area contributed by atoms with Crippen molar-refractivity contribution in [3.8, 4) is 0 Å². The third-order valence-corrected chi connectivity index (χ3v) is 6.86. The van der Waals surface area contributed by atoms with E-state index in [1.807, 2.05) is 6.07 Å². The van der Waals surface area contributed by atoms with Crippen molar-refractivity contribution >= 4 is 15.9 Å². The molecule has 0 aliphatic carbocycles. The lowest BCUT2D eigenvalue weighted by molar-refractivity contribution is -0.138. The molecule has 162 valence electrons. The van der Waals surface area contributed by atoms with E-state index in [1.54, 1.807) is 26.0 Å². The summed E-state index contributed by atoms with van der Waals surface area (Å²) in [6.45, 7) is 3.87. The molecule has 1 saturated heterocycles. The molecule has 0 aromatic heterocycles. The number of hydrogen-bond donors (Lipinski definition) is 1. The SMILES string of the molecule is Cc1ccc(C)c(S(=O)(=O)NC2CCN(C(=O)c3ccccc3C(F)(F)F)CC2)c1. The van der Waals surface area contributed by atoms with E-state index in [2.05, 4.69) is 4.72 Å².